The van der Waals surface area contributed by atoms with Gasteiger partial charge in [-0.2, -0.15) is 11.8 Å². The van der Waals surface area contributed by atoms with Crippen molar-refractivity contribution in [1.82, 2.24) is 15.2 Å². The van der Waals surface area contributed by atoms with Crippen molar-refractivity contribution in [1.29, 1.82) is 0 Å². The second-order valence-corrected chi connectivity index (χ2v) is 10.8. The SMILES string of the molecule is O=C(O)N(CCSCCCNC[C@H](O)c1ccc(O)c2[nH]c(=O)sc12)CCc1cccc(Cl)c1Cl. The highest BCUT2D eigenvalue weighted by Crippen LogP contribution is 2.31. The number of halogens is 2. The molecule has 0 spiro atoms. The molecule has 0 fully saturated rings. The van der Waals surface area contributed by atoms with Crippen molar-refractivity contribution >= 4 is 62.6 Å². The largest absolute Gasteiger partial charge is 0.506 e. The van der Waals surface area contributed by atoms with Gasteiger partial charge in [-0.15, -0.1) is 0 Å². The molecule has 0 aliphatic heterocycles. The Morgan fingerprint density at radius 3 is 2.77 bits per heavy atom. The van der Waals surface area contributed by atoms with E-state index in [1.165, 1.54) is 11.0 Å². The summed E-state index contributed by atoms with van der Waals surface area (Å²) < 4.78 is 0.556. The van der Waals surface area contributed by atoms with Crippen LogP contribution < -0.4 is 10.2 Å². The molecule has 0 unspecified atom stereocenters. The number of aromatic hydroxyl groups is 1. The Morgan fingerprint density at radius 2 is 2.00 bits per heavy atom. The maximum atomic E-state index is 11.6. The van der Waals surface area contributed by atoms with Gasteiger partial charge in [0, 0.05) is 31.0 Å². The van der Waals surface area contributed by atoms with Crippen LogP contribution in [0, 0.1) is 0 Å². The van der Waals surface area contributed by atoms with E-state index in [2.05, 4.69) is 10.3 Å². The summed E-state index contributed by atoms with van der Waals surface area (Å²) in [5.41, 5.74) is 1.76. The lowest BCUT2D eigenvalue weighted by Gasteiger charge is -2.19. The quantitative estimate of drug-likeness (QED) is 0.194. The number of aliphatic hydroxyl groups excluding tert-OH is 1. The number of benzene rings is 2. The molecule has 1 aromatic heterocycles. The standard InChI is InChI=1S/C23H27Cl2N3O5S2/c24-16-4-1-3-14(19(16)25)7-9-28(23(32)33)10-12-34-11-2-8-26-13-18(30)15-5-6-17(29)20-21(15)35-22(31)27-20/h1,3-6,18,26,29-30H,2,7-13H2,(H,27,31)(H,32,33)/t18-/m0/s1. The smallest absolute Gasteiger partial charge is 0.407 e. The summed E-state index contributed by atoms with van der Waals surface area (Å²) >= 11 is 14.8. The number of thioether (sulfide) groups is 1. The van der Waals surface area contributed by atoms with E-state index in [1.54, 1.807) is 30.0 Å². The minimum atomic E-state index is -0.963. The summed E-state index contributed by atoms with van der Waals surface area (Å²) in [6.45, 7) is 1.76. The fourth-order valence-electron chi connectivity index (χ4n) is 3.53. The maximum Gasteiger partial charge on any atom is 0.407 e. The lowest BCUT2D eigenvalue weighted by atomic mass is 10.1. The van der Waals surface area contributed by atoms with E-state index < -0.39 is 12.2 Å². The lowest BCUT2D eigenvalue weighted by Crippen LogP contribution is -2.33. The number of aliphatic hydroxyl groups is 1. The van der Waals surface area contributed by atoms with Crippen LogP contribution in [0.2, 0.25) is 10.0 Å². The van der Waals surface area contributed by atoms with Crippen LogP contribution >= 0.6 is 46.3 Å². The Labute approximate surface area is 220 Å². The number of rotatable bonds is 13. The molecule has 190 valence electrons. The van der Waals surface area contributed by atoms with Crippen LogP contribution in [0.15, 0.2) is 35.1 Å². The Kier molecular flexibility index (Phi) is 10.6. The molecule has 0 aliphatic rings. The van der Waals surface area contributed by atoms with E-state index in [4.69, 9.17) is 23.2 Å². The van der Waals surface area contributed by atoms with Gasteiger partial charge in [-0.25, -0.2) is 4.79 Å². The van der Waals surface area contributed by atoms with Crippen LogP contribution in [0.25, 0.3) is 10.2 Å². The van der Waals surface area contributed by atoms with E-state index >= 15 is 0 Å². The molecule has 3 rings (SSSR count). The van der Waals surface area contributed by atoms with Crippen LogP contribution in [-0.4, -0.2) is 69.0 Å². The van der Waals surface area contributed by atoms with Gasteiger partial charge < -0.3 is 30.5 Å². The number of fused-ring (bicyclic) bond motifs is 1. The third kappa shape index (κ3) is 7.77. The van der Waals surface area contributed by atoms with Gasteiger partial charge >= 0.3 is 11.0 Å². The number of nitrogens with zero attached hydrogens (tertiary/aromatic N) is 1. The van der Waals surface area contributed by atoms with Gasteiger partial charge in [0.25, 0.3) is 0 Å². The van der Waals surface area contributed by atoms with Crippen LogP contribution in [0.3, 0.4) is 0 Å². The van der Waals surface area contributed by atoms with Crippen molar-refractivity contribution in [2.24, 2.45) is 0 Å². The van der Waals surface area contributed by atoms with Crippen molar-refractivity contribution in [3.63, 3.8) is 0 Å². The van der Waals surface area contributed by atoms with Crippen LogP contribution in [0.5, 0.6) is 5.75 Å². The summed E-state index contributed by atoms with van der Waals surface area (Å²) in [5, 5.41) is 34.0. The van der Waals surface area contributed by atoms with Crippen molar-refractivity contribution in [2.45, 2.75) is 18.9 Å². The van der Waals surface area contributed by atoms with Gasteiger partial charge in [-0.1, -0.05) is 52.7 Å². The highest BCUT2D eigenvalue weighted by atomic mass is 35.5. The fraction of sp³-hybridized carbons (Fsp3) is 0.391. The normalized spacial score (nSPS) is 12.2. The Bertz CT molecular complexity index is 1200. The van der Waals surface area contributed by atoms with E-state index in [0.29, 0.717) is 64.2 Å². The predicted molar refractivity (Wildman–Crippen MR) is 144 cm³/mol. The number of phenols is 1. The number of hydrogen-bond donors (Lipinski definition) is 5. The summed E-state index contributed by atoms with van der Waals surface area (Å²) in [7, 11) is 0. The molecule has 3 aromatic rings. The van der Waals surface area contributed by atoms with Gasteiger partial charge in [0.05, 0.1) is 20.8 Å². The van der Waals surface area contributed by atoms with Gasteiger partial charge in [0.2, 0.25) is 0 Å². The molecule has 0 saturated carbocycles. The molecule has 1 amide bonds. The first-order chi connectivity index (χ1) is 16.8. The molecule has 2 aromatic carbocycles. The first-order valence-electron chi connectivity index (χ1n) is 11.0. The lowest BCUT2D eigenvalue weighted by molar-refractivity contribution is 0.148. The van der Waals surface area contributed by atoms with Crippen molar-refractivity contribution in [2.75, 3.05) is 37.7 Å². The number of hydrogen-bond acceptors (Lipinski definition) is 7. The third-order valence-corrected chi connectivity index (χ3v) is 8.22. The minimum Gasteiger partial charge on any atom is -0.506 e. The summed E-state index contributed by atoms with van der Waals surface area (Å²) in [6, 6.07) is 8.43. The number of phenolic OH excluding ortho intramolecular Hbond substituents is 1. The molecule has 5 N–H and O–H groups in total. The zero-order valence-corrected chi connectivity index (χ0v) is 21.9. The van der Waals surface area contributed by atoms with Crippen LogP contribution in [-0.2, 0) is 6.42 Å². The van der Waals surface area contributed by atoms with E-state index in [1.807, 2.05) is 6.07 Å². The number of thiazole rings is 1. The van der Waals surface area contributed by atoms with Crippen molar-refractivity contribution in [3.8, 4) is 5.75 Å². The number of carbonyl (C=O) groups is 1. The van der Waals surface area contributed by atoms with E-state index in [0.717, 1.165) is 29.1 Å². The number of H-pyrrole nitrogens is 1. The molecule has 0 bridgehead atoms. The number of aromatic nitrogens is 1. The second kappa shape index (κ2) is 13.4. The average molecular weight is 561 g/mol. The fourth-order valence-corrected chi connectivity index (χ4v) is 5.76. The van der Waals surface area contributed by atoms with E-state index in [9.17, 15) is 24.9 Å². The third-order valence-electron chi connectivity index (χ3n) is 5.39. The molecular weight excluding hydrogens is 533 g/mol. The van der Waals surface area contributed by atoms with E-state index in [-0.39, 0.29) is 10.6 Å². The highest BCUT2D eigenvalue weighted by Gasteiger charge is 2.16. The monoisotopic (exact) mass is 559 g/mol. The highest BCUT2D eigenvalue weighted by molar-refractivity contribution is 7.99. The topological polar surface area (TPSA) is 126 Å². The zero-order valence-electron chi connectivity index (χ0n) is 18.8. The first-order valence-corrected chi connectivity index (χ1v) is 13.7. The van der Waals surface area contributed by atoms with Crippen LogP contribution in [0.1, 0.15) is 23.7 Å². The molecule has 0 radical (unpaired) electrons. The molecule has 8 nitrogen and oxygen atoms in total. The van der Waals surface area contributed by atoms with Gasteiger partial charge in [0.15, 0.2) is 0 Å². The Hall–Kier alpha value is -1.95. The molecule has 1 atom stereocenters. The van der Waals surface area contributed by atoms with Gasteiger partial charge in [0.1, 0.15) is 11.3 Å². The number of amides is 1. The minimum absolute atomic E-state index is 0.0194. The molecule has 12 heteroatoms. The average Bonchev–Trinajstić information content (AvgIpc) is 3.22. The zero-order chi connectivity index (χ0) is 25.4. The number of aromatic amines is 1. The second-order valence-electron chi connectivity index (χ2n) is 7.81. The maximum absolute atomic E-state index is 11.6. The van der Waals surface area contributed by atoms with Crippen molar-refractivity contribution < 1.29 is 20.1 Å². The molecule has 35 heavy (non-hydrogen) atoms. The number of nitrogens with one attached hydrogen (secondary N) is 2. The Balaban J connectivity index is 1.33. The summed E-state index contributed by atoms with van der Waals surface area (Å²) in [5.74, 6) is 1.50. The molecule has 1 heterocycles. The predicted octanol–water partition coefficient (Wildman–Crippen LogP) is 4.57. The van der Waals surface area contributed by atoms with Crippen molar-refractivity contribution in [3.05, 3.63) is 61.2 Å². The summed E-state index contributed by atoms with van der Waals surface area (Å²) in [4.78, 5) is 26.8. The first kappa shape index (κ1) is 27.6. The Morgan fingerprint density at radius 1 is 1.20 bits per heavy atom. The van der Waals surface area contributed by atoms with Crippen LogP contribution in [0.4, 0.5) is 4.79 Å². The van der Waals surface area contributed by atoms with Gasteiger partial charge in [-0.3, -0.25) is 4.79 Å². The van der Waals surface area contributed by atoms with Gasteiger partial charge in [-0.05, 0) is 42.8 Å². The molecule has 0 aliphatic carbocycles. The summed E-state index contributed by atoms with van der Waals surface area (Å²) in [6.07, 6.45) is -0.426. The molecular formula is C23H27Cl2N3O5S2. The number of carboxylic acid groups (broad SMARTS) is 1. The molecule has 0 saturated heterocycles.